The fourth-order valence-electron chi connectivity index (χ4n) is 5.22. The number of ether oxygens (including phenoxy) is 1. The molecule has 2 unspecified atom stereocenters. The number of hydrogen-bond donors (Lipinski definition) is 0. The van der Waals surface area contributed by atoms with Crippen LogP contribution in [-0.2, 0) is 11.2 Å². The Morgan fingerprint density at radius 3 is 2.24 bits per heavy atom. The van der Waals surface area contributed by atoms with E-state index in [1.54, 1.807) is 54.6 Å². The molecule has 0 radical (unpaired) electrons. The van der Waals surface area contributed by atoms with Crippen LogP contribution in [0, 0.1) is 23.4 Å². The van der Waals surface area contributed by atoms with E-state index >= 15 is 4.39 Å². The summed E-state index contributed by atoms with van der Waals surface area (Å²) < 4.78 is 50.6. The van der Waals surface area contributed by atoms with E-state index in [9.17, 15) is 8.78 Å². The summed E-state index contributed by atoms with van der Waals surface area (Å²) in [5, 5.41) is 0. The normalized spacial score (nSPS) is 17.6. The molecule has 4 rings (SSSR count). The molecule has 0 bridgehead atoms. The van der Waals surface area contributed by atoms with Crippen LogP contribution in [0.2, 0.25) is 0 Å². The number of rotatable bonds is 11. The van der Waals surface area contributed by atoms with Gasteiger partial charge < -0.3 is 4.74 Å². The monoisotopic (exact) mass is 506 g/mol. The minimum absolute atomic E-state index is 0.0639. The van der Waals surface area contributed by atoms with Gasteiger partial charge in [0.1, 0.15) is 5.82 Å². The van der Waals surface area contributed by atoms with Gasteiger partial charge in [-0.2, -0.15) is 0 Å². The molecule has 0 amide bonds. The highest BCUT2D eigenvalue weighted by Gasteiger charge is 2.23. The predicted molar refractivity (Wildman–Crippen MR) is 146 cm³/mol. The zero-order valence-corrected chi connectivity index (χ0v) is 21.7. The quantitative estimate of drug-likeness (QED) is 0.186. The predicted octanol–water partition coefficient (Wildman–Crippen LogP) is 9.99. The third-order valence-corrected chi connectivity index (χ3v) is 7.47. The summed E-state index contributed by atoms with van der Waals surface area (Å²) in [7, 11) is 0. The average Bonchev–Trinajstić information content (AvgIpc) is 2.92. The largest absolute Gasteiger partial charge is 0.373 e. The molecule has 0 spiro atoms. The van der Waals surface area contributed by atoms with Gasteiger partial charge in [-0.25, -0.2) is 13.2 Å². The Bertz CT molecular complexity index is 1180. The Hall–Kier alpha value is -2.85. The second-order valence-electron chi connectivity index (χ2n) is 10.2. The van der Waals surface area contributed by atoms with E-state index in [2.05, 4.69) is 13.5 Å². The second-order valence-corrected chi connectivity index (χ2v) is 10.2. The molecule has 1 saturated heterocycles. The summed E-state index contributed by atoms with van der Waals surface area (Å²) in [6.45, 7) is 6.62. The van der Waals surface area contributed by atoms with Crippen molar-refractivity contribution in [2.75, 3.05) is 6.61 Å². The first kappa shape index (κ1) is 27.2. The lowest BCUT2D eigenvalue weighted by Crippen LogP contribution is -2.20. The molecule has 3 aromatic carbocycles. The minimum atomic E-state index is -0.848. The van der Waals surface area contributed by atoms with Crippen LogP contribution in [0.1, 0.15) is 75.5 Å². The second kappa shape index (κ2) is 13.1. The van der Waals surface area contributed by atoms with Crippen molar-refractivity contribution in [1.29, 1.82) is 0 Å². The van der Waals surface area contributed by atoms with Gasteiger partial charge in [0.15, 0.2) is 11.6 Å². The topological polar surface area (TPSA) is 9.23 Å². The van der Waals surface area contributed by atoms with Crippen molar-refractivity contribution in [2.24, 2.45) is 5.92 Å². The Kier molecular flexibility index (Phi) is 9.62. The highest BCUT2D eigenvalue weighted by molar-refractivity contribution is 5.71. The lowest BCUT2D eigenvalue weighted by Gasteiger charge is -2.29. The summed E-state index contributed by atoms with van der Waals surface area (Å²) in [6.07, 6.45) is 10.6. The lowest BCUT2D eigenvalue weighted by molar-refractivity contribution is -0.0200. The fraction of sp³-hybridized carbons (Fsp3) is 0.394. The molecule has 196 valence electrons. The number of hydrogen-bond acceptors (Lipinski definition) is 1. The molecule has 3 aromatic rings. The Morgan fingerprint density at radius 2 is 1.59 bits per heavy atom. The molecule has 2 atom stereocenters. The number of halogens is 3. The first-order chi connectivity index (χ1) is 18.0. The molecule has 0 N–H and O–H groups in total. The van der Waals surface area contributed by atoms with Crippen molar-refractivity contribution < 1.29 is 17.9 Å². The highest BCUT2D eigenvalue weighted by Crippen LogP contribution is 2.35. The molecular weight excluding hydrogens is 469 g/mol. The van der Waals surface area contributed by atoms with E-state index in [0.717, 1.165) is 37.9 Å². The number of aryl methyl sites for hydroxylation is 1. The molecule has 0 aromatic heterocycles. The van der Waals surface area contributed by atoms with E-state index in [4.69, 9.17) is 4.74 Å². The van der Waals surface area contributed by atoms with Crippen LogP contribution in [0.5, 0.6) is 0 Å². The van der Waals surface area contributed by atoms with Crippen molar-refractivity contribution in [2.45, 2.75) is 70.8 Å². The maximum Gasteiger partial charge on any atom is 0.166 e. The van der Waals surface area contributed by atoms with Gasteiger partial charge in [0, 0.05) is 11.1 Å². The minimum Gasteiger partial charge on any atom is -0.373 e. The van der Waals surface area contributed by atoms with E-state index in [1.165, 1.54) is 25.7 Å². The van der Waals surface area contributed by atoms with Crippen LogP contribution >= 0.6 is 0 Å². The van der Waals surface area contributed by atoms with E-state index < -0.39 is 11.6 Å². The molecule has 0 saturated carbocycles. The zero-order valence-electron chi connectivity index (χ0n) is 21.7. The van der Waals surface area contributed by atoms with Crippen LogP contribution in [0.15, 0.2) is 67.3 Å². The molecule has 37 heavy (non-hydrogen) atoms. The van der Waals surface area contributed by atoms with Crippen molar-refractivity contribution in [3.63, 3.8) is 0 Å². The van der Waals surface area contributed by atoms with E-state index in [0.29, 0.717) is 34.6 Å². The molecule has 1 fully saturated rings. The van der Waals surface area contributed by atoms with Crippen LogP contribution in [-0.4, -0.2) is 6.61 Å². The zero-order chi connectivity index (χ0) is 26.2. The van der Waals surface area contributed by atoms with Crippen LogP contribution in [0.4, 0.5) is 13.2 Å². The first-order valence-electron chi connectivity index (χ1n) is 13.6. The van der Waals surface area contributed by atoms with Crippen molar-refractivity contribution in [1.82, 2.24) is 0 Å². The number of unbranched alkanes of at least 4 members (excludes halogenated alkanes) is 3. The van der Waals surface area contributed by atoms with Gasteiger partial charge in [-0.15, -0.1) is 6.58 Å². The molecular formula is C33H37F3O. The summed E-state index contributed by atoms with van der Waals surface area (Å²) >= 11 is 0. The standard InChI is InChI=1S/C33H37F3O/c1-3-5-7-9-23-11-20-31(37-22-23)27-17-18-28(30(34)21-27)24-12-14-25(15-13-24)29-19-16-26(10-8-6-4-2)32(35)33(29)36/h4,12-19,21,23,31H,2-3,5-11,20,22H2,1H3. The van der Waals surface area contributed by atoms with Gasteiger partial charge in [-0.05, 0) is 72.8 Å². The van der Waals surface area contributed by atoms with Gasteiger partial charge in [0.25, 0.3) is 0 Å². The number of benzene rings is 3. The number of allylic oxidation sites excluding steroid dienone is 1. The van der Waals surface area contributed by atoms with Gasteiger partial charge >= 0.3 is 0 Å². The van der Waals surface area contributed by atoms with E-state index in [1.807, 2.05) is 6.07 Å². The maximum absolute atomic E-state index is 15.1. The van der Waals surface area contributed by atoms with Crippen LogP contribution in [0.25, 0.3) is 22.3 Å². The van der Waals surface area contributed by atoms with Crippen LogP contribution < -0.4 is 0 Å². The Morgan fingerprint density at radius 1 is 0.865 bits per heavy atom. The third kappa shape index (κ3) is 6.73. The van der Waals surface area contributed by atoms with Gasteiger partial charge in [0.2, 0.25) is 0 Å². The average molecular weight is 507 g/mol. The SMILES string of the molecule is C=CCCCc1ccc(-c2ccc(-c3ccc(C4CCC(CCCCC)CO4)cc3F)cc2)c(F)c1F. The first-order valence-corrected chi connectivity index (χ1v) is 13.6. The maximum atomic E-state index is 15.1. The van der Waals surface area contributed by atoms with Gasteiger partial charge in [-0.3, -0.25) is 0 Å². The summed E-state index contributed by atoms with van der Waals surface area (Å²) in [4.78, 5) is 0. The molecule has 1 heterocycles. The summed E-state index contributed by atoms with van der Waals surface area (Å²) in [6, 6.07) is 15.5. The molecule has 0 aliphatic carbocycles. The van der Waals surface area contributed by atoms with Crippen molar-refractivity contribution in [3.8, 4) is 22.3 Å². The van der Waals surface area contributed by atoms with Crippen LogP contribution in [0.3, 0.4) is 0 Å². The van der Waals surface area contributed by atoms with Gasteiger partial charge in [-0.1, -0.05) is 80.8 Å². The van der Waals surface area contributed by atoms with E-state index in [-0.39, 0.29) is 17.5 Å². The van der Waals surface area contributed by atoms with Crippen molar-refractivity contribution in [3.05, 3.63) is 95.8 Å². The third-order valence-electron chi connectivity index (χ3n) is 7.47. The fourth-order valence-corrected chi connectivity index (χ4v) is 5.22. The lowest BCUT2D eigenvalue weighted by atomic mass is 9.90. The Labute approximate surface area is 219 Å². The summed E-state index contributed by atoms with van der Waals surface area (Å²) in [5.41, 5.74) is 3.17. The smallest absolute Gasteiger partial charge is 0.166 e. The van der Waals surface area contributed by atoms with Crippen molar-refractivity contribution >= 4 is 0 Å². The molecule has 4 heteroatoms. The Balaban J connectivity index is 1.43. The molecule has 1 aliphatic heterocycles. The van der Waals surface area contributed by atoms with Gasteiger partial charge in [0.05, 0.1) is 12.7 Å². The summed E-state index contributed by atoms with van der Waals surface area (Å²) in [5.74, 6) is -1.35. The molecule has 1 nitrogen and oxygen atoms in total. The highest BCUT2D eigenvalue weighted by atomic mass is 19.2. The molecule has 1 aliphatic rings.